The van der Waals surface area contributed by atoms with Gasteiger partial charge < -0.3 is 4.57 Å². The summed E-state index contributed by atoms with van der Waals surface area (Å²) in [6.07, 6.45) is 1.44. The Balaban J connectivity index is 1.41. The fraction of sp³-hybridized carbons (Fsp3) is 0.125. The molecule has 0 aliphatic carbocycles. The number of para-hydroxylation sites is 2. The molecule has 0 radical (unpaired) electrons. The van der Waals surface area contributed by atoms with E-state index in [-0.39, 0.29) is 17.3 Å². The first kappa shape index (κ1) is 22.2. The van der Waals surface area contributed by atoms with E-state index < -0.39 is 4.92 Å². The number of amides is 1. The molecule has 0 saturated carbocycles. The summed E-state index contributed by atoms with van der Waals surface area (Å²) in [6, 6.07) is 22.2. The molecular formula is C24H21N5O3S. The summed E-state index contributed by atoms with van der Waals surface area (Å²) in [4.78, 5) is 27.2. The quantitative estimate of drug-likeness (QED) is 0.180. The Hall–Kier alpha value is -3.98. The van der Waals surface area contributed by atoms with Crippen molar-refractivity contribution in [1.82, 2.24) is 15.0 Å². The molecular weight excluding hydrogens is 438 g/mol. The Morgan fingerprint density at radius 2 is 1.85 bits per heavy atom. The van der Waals surface area contributed by atoms with Crippen LogP contribution in [0.2, 0.25) is 0 Å². The van der Waals surface area contributed by atoms with Crippen LogP contribution >= 0.6 is 11.8 Å². The minimum absolute atomic E-state index is 0.00103. The number of nitrogens with zero attached hydrogens (tertiary/aromatic N) is 4. The van der Waals surface area contributed by atoms with Gasteiger partial charge in [0.1, 0.15) is 0 Å². The van der Waals surface area contributed by atoms with Gasteiger partial charge in [-0.1, -0.05) is 53.7 Å². The second-order valence-corrected chi connectivity index (χ2v) is 8.33. The molecule has 4 aromatic rings. The van der Waals surface area contributed by atoms with E-state index in [4.69, 9.17) is 4.98 Å². The van der Waals surface area contributed by atoms with Crippen molar-refractivity contribution in [2.45, 2.75) is 18.6 Å². The topological polar surface area (TPSA) is 102 Å². The number of aryl methyl sites for hydroxylation is 1. The molecule has 8 nitrogen and oxygen atoms in total. The lowest BCUT2D eigenvalue weighted by Crippen LogP contribution is -2.20. The molecule has 33 heavy (non-hydrogen) atoms. The van der Waals surface area contributed by atoms with E-state index >= 15 is 0 Å². The van der Waals surface area contributed by atoms with Crippen LogP contribution in [0.3, 0.4) is 0 Å². The van der Waals surface area contributed by atoms with E-state index in [1.807, 2.05) is 24.3 Å². The number of hydrazone groups is 1. The second-order valence-electron chi connectivity index (χ2n) is 7.39. The van der Waals surface area contributed by atoms with Crippen LogP contribution in [0.4, 0.5) is 5.69 Å². The van der Waals surface area contributed by atoms with Gasteiger partial charge in [0.25, 0.3) is 11.6 Å². The summed E-state index contributed by atoms with van der Waals surface area (Å²) < 4.78 is 2.11. The molecule has 0 unspecified atom stereocenters. The van der Waals surface area contributed by atoms with Gasteiger partial charge in [-0.05, 0) is 42.3 Å². The number of carbonyl (C=O) groups excluding carboxylic acids is 1. The van der Waals surface area contributed by atoms with Crippen molar-refractivity contribution in [1.29, 1.82) is 0 Å². The normalized spacial score (nSPS) is 11.2. The van der Waals surface area contributed by atoms with Crippen LogP contribution in [-0.2, 0) is 11.3 Å². The molecule has 1 aromatic heterocycles. The lowest BCUT2D eigenvalue weighted by molar-refractivity contribution is -0.384. The molecule has 0 spiro atoms. The first-order valence-corrected chi connectivity index (χ1v) is 11.2. The first-order chi connectivity index (χ1) is 16.0. The Labute approximate surface area is 194 Å². The predicted molar refractivity (Wildman–Crippen MR) is 130 cm³/mol. The zero-order valence-electron chi connectivity index (χ0n) is 17.8. The van der Waals surface area contributed by atoms with Crippen molar-refractivity contribution >= 4 is 40.6 Å². The standard InChI is InChI=1S/C24H21N5O3S/c1-17-6-8-19(9-7-17)15-28-22-5-3-2-4-21(22)26-24(28)33-16-23(30)27-25-14-18-10-12-20(13-11-18)29(31)32/h2-14H,15-16H2,1H3,(H,27,30)/b25-14+. The van der Waals surface area contributed by atoms with Crippen molar-refractivity contribution in [3.05, 3.63) is 99.6 Å². The highest BCUT2D eigenvalue weighted by atomic mass is 32.2. The number of thioether (sulfide) groups is 1. The summed E-state index contributed by atoms with van der Waals surface area (Å²) in [5.41, 5.74) is 7.38. The molecule has 166 valence electrons. The number of nitrogens with one attached hydrogen (secondary N) is 1. The van der Waals surface area contributed by atoms with Crippen LogP contribution in [0.1, 0.15) is 16.7 Å². The maximum atomic E-state index is 12.3. The highest BCUT2D eigenvalue weighted by Gasteiger charge is 2.13. The Morgan fingerprint density at radius 1 is 1.12 bits per heavy atom. The van der Waals surface area contributed by atoms with Crippen molar-refractivity contribution in [3.63, 3.8) is 0 Å². The van der Waals surface area contributed by atoms with Gasteiger partial charge in [0.15, 0.2) is 5.16 Å². The van der Waals surface area contributed by atoms with E-state index in [1.165, 1.54) is 35.7 Å². The summed E-state index contributed by atoms with van der Waals surface area (Å²) >= 11 is 1.35. The lowest BCUT2D eigenvalue weighted by atomic mass is 10.1. The molecule has 4 rings (SSSR count). The minimum atomic E-state index is -0.466. The fourth-order valence-electron chi connectivity index (χ4n) is 3.22. The number of hydrogen-bond donors (Lipinski definition) is 1. The van der Waals surface area contributed by atoms with E-state index in [0.717, 1.165) is 21.8 Å². The third-order valence-electron chi connectivity index (χ3n) is 4.92. The lowest BCUT2D eigenvalue weighted by Gasteiger charge is -2.09. The van der Waals surface area contributed by atoms with Crippen LogP contribution in [0.25, 0.3) is 11.0 Å². The van der Waals surface area contributed by atoms with Crippen LogP contribution in [0, 0.1) is 17.0 Å². The van der Waals surface area contributed by atoms with E-state index in [1.54, 1.807) is 12.1 Å². The van der Waals surface area contributed by atoms with Crippen LogP contribution in [-0.4, -0.2) is 32.3 Å². The molecule has 1 N–H and O–H groups in total. The number of nitro benzene ring substituents is 1. The number of imidazole rings is 1. The average Bonchev–Trinajstić information content (AvgIpc) is 3.17. The number of nitro groups is 1. The maximum Gasteiger partial charge on any atom is 0.269 e. The maximum absolute atomic E-state index is 12.3. The zero-order valence-corrected chi connectivity index (χ0v) is 18.7. The third kappa shape index (κ3) is 5.64. The number of aromatic nitrogens is 2. The van der Waals surface area contributed by atoms with Gasteiger partial charge >= 0.3 is 0 Å². The van der Waals surface area contributed by atoms with Crippen molar-refractivity contribution in [2.75, 3.05) is 5.75 Å². The summed E-state index contributed by atoms with van der Waals surface area (Å²) in [6.45, 7) is 2.71. The smallest absolute Gasteiger partial charge is 0.269 e. The van der Waals surface area contributed by atoms with E-state index in [0.29, 0.717) is 12.1 Å². The Morgan fingerprint density at radius 3 is 2.58 bits per heavy atom. The predicted octanol–water partition coefficient (Wildman–Crippen LogP) is 4.54. The van der Waals surface area contributed by atoms with Crippen molar-refractivity contribution < 1.29 is 9.72 Å². The molecule has 1 heterocycles. The Kier molecular flexibility index (Phi) is 6.80. The van der Waals surface area contributed by atoms with Gasteiger partial charge in [0.2, 0.25) is 0 Å². The number of fused-ring (bicyclic) bond motifs is 1. The molecule has 0 aliphatic heterocycles. The summed E-state index contributed by atoms with van der Waals surface area (Å²) in [5, 5.41) is 15.4. The molecule has 1 amide bonds. The fourth-order valence-corrected chi connectivity index (χ4v) is 4.02. The molecule has 3 aromatic carbocycles. The highest BCUT2D eigenvalue weighted by molar-refractivity contribution is 7.99. The average molecular weight is 460 g/mol. The van der Waals surface area contributed by atoms with Gasteiger partial charge in [-0.3, -0.25) is 14.9 Å². The zero-order chi connectivity index (χ0) is 23.2. The van der Waals surface area contributed by atoms with Crippen LogP contribution in [0.5, 0.6) is 0 Å². The van der Waals surface area contributed by atoms with Gasteiger partial charge in [-0.15, -0.1) is 0 Å². The molecule has 0 aliphatic rings. The van der Waals surface area contributed by atoms with E-state index in [9.17, 15) is 14.9 Å². The minimum Gasteiger partial charge on any atom is -0.314 e. The molecule has 9 heteroatoms. The summed E-state index contributed by atoms with van der Waals surface area (Å²) in [7, 11) is 0. The number of benzene rings is 3. The van der Waals surface area contributed by atoms with Crippen LogP contribution < -0.4 is 5.43 Å². The largest absolute Gasteiger partial charge is 0.314 e. The number of non-ortho nitro benzene ring substituents is 1. The number of hydrogen-bond acceptors (Lipinski definition) is 6. The summed E-state index contributed by atoms with van der Waals surface area (Å²) in [5.74, 6) is -0.124. The molecule has 0 saturated heterocycles. The van der Waals surface area contributed by atoms with Gasteiger partial charge in [0, 0.05) is 12.1 Å². The first-order valence-electron chi connectivity index (χ1n) is 10.2. The number of rotatable bonds is 8. The third-order valence-corrected chi connectivity index (χ3v) is 5.90. The molecule has 0 atom stereocenters. The molecule has 0 bridgehead atoms. The molecule has 0 fully saturated rings. The van der Waals surface area contributed by atoms with Gasteiger partial charge in [-0.2, -0.15) is 5.10 Å². The van der Waals surface area contributed by atoms with E-state index in [2.05, 4.69) is 46.3 Å². The number of carbonyl (C=O) groups is 1. The highest BCUT2D eigenvalue weighted by Crippen LogP contribution is 2.25. The van der Waals surface area contributed by atoms with Gasteiger partial charge in [0.05, 0.1) is 34.5 Å². The Bertz CT molecular complexity index is 1310. The van der Waals surface area contributed by atoms with Crippen LogP contribution in [0.15, 0.2) is 83.1 Å². The monoisotopic (exact) mass is 459 g/mol. The van der Waals surface area contributed by atoms with Gasteiger partial charge in [-0.25, -0.2) is 10.4 Å². The SMILES string of the molecule is Cc1ccc(Cn2c(SCC(=O)N/N=C/c3ccc([N+](=O)[O-])cc3)nc3ccccc32)cc1. The van der Waals surface area contributed by atoms with Crippen molar-refractivity contribution in [3.8, 4) is 0 Å². The van der Waals surface area contributed by atoms with Crippen molar-refractivity contribution in [2.24, 2.45) is 5.10 Å². The second kappa shape index (κ2) is 10.1.